The molecular formula is C48H46N4O8S2. The number of methoxy groups -OCH3 is 2. The van der Waals surface area contributed by atoms with Gasteiger partial charge < -0.3 is 38.2 Å². The molecule has 0 spiro atoms. The third-order valence-corrected chi connectivity index (χ3v) is 13.6. The molecule has 14 heteroatoms. The van der Waals surface area contributed by atoms with E-state index in [-0.39, 0.29) is 13.2 Å². The number of rotatable bonds is 15. The molecule has 8 aromatic rings. The summed E-state index contributed by atoms with van der Waals surface area (Å²) in [7, 11) is 3.30. The molecule has 0 radical (unpaired) electrons. The van der Waals surface area contributed by atoms with E-state index in [0.717, 1.165) is 99.0 Å². The largest absolute Gasteiger partial charge is 0.493 e. The molecule has 4 aromatic heterocycles. The molecule has 10 rings (SSSR count). The van der Waals surface area contributed by atoms with Crippen molar-refractivity contribution >= 4 is 43.2 Å². The molecule has 62 heavy (non-hydrogen) atoms. The van der Waals surface area contributed by atoms with Crippen molar-refractivity contribution in [2.24, 2.45) is 0 Å². The molecule has 2 aliphatic rings. The highest BCUT2D eigenvalue weighted by molar-refractivity contribution is 7.18. The van der Waals surface area contributed by atoms with Gasteiger partial charge in [-0.2, -0.15) is 0 Å². The van der Waals surface area contributed by atoms with E-state index in [2.05, 4.69) is 49.8 Å². The molecule has 0 amide bonds. The van der Waals surface area contributed by atoms with Crippen LogP contribution in [-0.2, 0) is 25.9 Å². The standard InChI is InChI=1S/C48H46N4O8S2/c1-55-42-20-30-12-15-52(23-35(30)21-43(42)56-2)25-37(54)27-58-39-8-4-6-33(19-39)45-48-46(60-50-45)40(28-62-48)31-10-9-29-11-14-51(22-34(29)17-31)24-36(53)26-57-38-7-3-5-32(18-38)44-47-41(59-49-44)13-16-61-47/h3-10,13,16-21,28,36-37,53-54H,11-12,14-15,22-27H2,1-2H3/t36-,37-/m1/s1. The number of aliphatic hydroxyl groups excluding tert-OH is 2. The second-order valence-corrected chi connectivity index (χ2v) is 17.7. The molecule has 6 heterocycles. The van der Waals surface area contributed by atoms with E-state index in [1.165, 1.54) is 22.3 Å². The lowest BCUT2D eigenvalue weighted by Crippen LogP contribution is -2.38. The molecule has 0 bridgehead atoms. The smallest absolute Gasteiger partial charge is 0.186 e. The van der Waals surface area contributed by atoms with Gasteiger partial charge in [0, 0.05) is 61.3 Å². The molecule has 0 saturated carbocycles. The highest BCUT2D eigenvalue weighted by atomic mass is 32.1. The Labute approximate surface area is 366 Å². The van der Waals surface area contributed by atoms with Crippen LogP contribution in [0.5, 0.6) is 23.0 Å². The first-order valence-electron chi connectivity index (χ1n) is 20.7. The van der Waals surface area contributed by atoms with Crippen molar-refractivity contribution in [3.05, 3.63) is 118 Å². The van der Waals surface area contributed by atoms with Crippen molar-refractivity contribution < 1.29 is 38.2 Å². The highest BCUT2D eigenvalue weighted by Gasteiger charge is 2.24. The molecule has 0 fully saturated rings. The second kappa shape index (κ2) is 17.6. The highest BCUT2D eigenvalue weighted by Crippen LogP contribution is 2.41. The number of aromatic nitrogens is 2. The fourth-order valence-corrected chi connectivity index (χ4v) is 10.4. The number of thiophene rings is 2. The second-order valence-electron chi connectivity index (χ2n) is 15.9. The summed E-state index contributed by atoms with van der Waals surface area (Å²) in [6.45, 7) is 4.49. The van der Waals surface area contributed by atoms with E-state index in [9.17, 15) is 10.2 Å². The summed E-state index contributed by atoms with van der Waals surface area (Å²) in [5.41, 5.74) is 11.9. The molecule has 318 valence electrons. The van der Waals surface area contributed by atoms with Gasteiger partial charge in [-0.25, -0.2) is 0 Å². The van der Waals surface area contributed by atoms with Crippen LogP contribution in [-0.4, -0.2) is 96.1 Å². The lowest BCUT2D eigenvalue weighted by molar-refractivity contribution is 0.0637. The summed E-state index contributed by atoms with van der Waals surface area (Å²) in [4.78, 5) is 4.52. The van der Waals surface area contributed by atoms with E-state index in [1.54, 1.807) is 36.9 Å². The van der Waals surface area contributed by atoms with E-state index >= 15 is 0 Å². The topological polar surface area (TPSA) is 136 Å². The van der Waals surface area contributed by atoms with Crippen molar-refractivity contribution in [2.75, 3.05) is 53.6 Å². The minimum Gasteiger partial charge on any atom is -0.493 e. The maximum absolute atomic E-state index is 11.0. The fraction of sp³-hybridized carbons (Fsp3) is 0.292. The summed E-state index contributed by atoms with van der Waals surface area (Å²) < 4.78 is 36.6. The Morgan fingerprint density at radius 3 is 1.94 bits per heavy atom. The quantitative estimate of drug-likeness (QED) is 0.102. The Morgan fingerprint density at radius 1 is 0.645 bits per heavy atom. The van der Waals surface area contributed by atoms with Gasteiger partial charge in [-0.15, -0.1) is 22.7 Å². The van der Waals surface area contributed by atoms with Crippen LogP contribution in [0.1, 0.15) is 22.3 Å². The maximum atomic E-state index is 11.0. The number of β-amino-alcohol motifs (C(OH)–C–C–N with tert-alkyl or cyclic N) is 2. The van der Waals surface area contributed by atoms with Crippen LogP contribution in [0, 0.1) is 0 Å². The van der Waals surface area contributed by atoms with E-state index in [1.807, 2.05) is 66.0 Å². The number of hydrogen-bond acceptors (Lipinski definition) is 14. The van der Waals surface area contributed by atoms with Gasteiger partial charge in [0.15, 0.2) is 22.7 Å². The minimum atomic E-state index is -0.666. The van der Waals surface area contributed by atoms with Gasteiger partial charge in [0.05, 0.1) is 14.2 Å². The zero-order valence-electron chi connectivity index (χ0n) is 34.4. The maximum Gasteiger partial charge on any atom is 0.186 e. The van der Waals surface area contributed by atoms with Gasteiger partial charge in [-0.3, -0.25) is 9.80 Å². The third-order valence-electron chi connectivity index (χ3n) is 11.7. The molecule has 2 atom stereocenters. The average Bonchev–Trinajstić information content (AvgIpc) is 4.11. The molecule has 0 saturated heterocycles. The molecule has 2 N–H and O–H groups in total. The van der Waals surface area contributed by atoms with Crippen LogP contribution < -0.4 is 18.9 Å². The van der Waals surface area contributed by atoms with Crippen molar-refractivity contribution in [1.29, 1.82) is 0 Å². The van der Waals surface area contributed by atoms with E-state index < -0.39 is 12.2 Å². The minimum absolute atomic E-state index is 0.164. The van der Waals surface area contributed by atoms with Crippen molar-refractivity contribution in [2.45, 2.75) is 38.1 Å². The van der Waals surface area contributed by atoms with Gasteiger partial charge in [-0.1, -0.05) is 46.7 Å². The number of hydrogen-bond donors (Lipinski definition) is 2. The van der Waals surface area contributed by atoms with Crippen molar-refractivity contribution in [3.8, 4) is 56.6 Å². The normalized spacial score (nSPS) is 15.4. The van der Waals surface area contributed by atoms with Crippen LogP contribution in [0.25, 0.3) is 54.2 Å². The zero-order chi connectivity index (χ0) is 42.2. The van der Waals surface area contributed by atoms with Crippen LogP contribution in [0.2, 0.25) is 0 Å². The summed E-state index contributed by atoms with van der Waals surface area (Å²) in [5.74, 6) is 2.79. The predicted molar refractivity (Wildman–Crippen MR) is 241 cm³/mol. The fourth-order valence-electron chi connectivity index (χ4n) is 8.57. The molecule has 4 aromatic carbocycles. The lowest BCUT2D eigenvalue weighted by Gasteiger charge is -2.31. The van der Waals surface area contributed by atoms with Gasteiger partial charge in [0.25, 0.3) is 0 Å². The molecular weight excluding hydrogens is 825 g/mol. The Morgan fingerprint density at radius 2 is 1.26 bits per heavy atom. The van der Waals surface area contributed by atoms with Crippen LogP contribution in [0.3, 0.4) is 0 Å². The lowest BCUT2D eigenvalue weighted by atomic mass is 9.95. The first-order chi connectivity index (χ1) is 30.4. The zero-order valence-corrected chi connectivity index (χ0v) is 36.0. The Bertz CT molecular complexity index is 2850. The summed E-state index contributed by atoms with van der Waals surface area (Å²) >= 11 is 3.20. The molecule has 0 aliphatic carbocycles. The molecule has 0 unspecified atom stereocenters. The summed E-state index contributed by atoms with van der Waals surface area (Å²) in [6, 6.07) is 28.1. The van der Waals surface area contributed by atoms with Gasteiger partial charge in [-0.05, 0) is 94.6 Å². The molecule has 2 aliphatic heterocycles. The number of nitrogens with zero attached hydrogens (tertiary/aromatic N) is 4. The number of ether oxygens (including phenoxy) is 4. The van der Waals surface area contributed by atoms with Crippen molar-refractivity contribution in [1.82, 2.24) is 20.1 Å². The van der Waals surface area contributed by atoms with Crippen molar-refractivity contribution in [3.63, 3.8) is 0 Å². The predicted octanol–water partition coefficient (Wildman–Crippen LogP) is 8.71. The van der Waals surface area contributed by atoms with Crippen LogP contribution >= 0.6 is 22.7 Å². The van der Waals surface area contributed by atoms with E-state index in [0.29, 0.717) is 30.3 Å². The van der Waals surface area contributed by atoms with Crippen LogP contribution in [0.15, 0.2) is 105 Å². The molecule has 12 nitrogen and oxygen atoms in total. The summed E-state index contributed by atoms with van der Waals surface area (Å²) in [5, 5.41) is 34.9. The first kappa shape index (κ1) is 40.3. The number of aliphatic hydroxyl groups is 2. The van der Waals surface area contributed by atoms with Gasteiger partial charge in [0.2, 0.25) is 0 Å². The third kappa shape index (κ3) is 8.29. The van der Waals surface area contributed by atoms with E-state index in [4.69, 9.17) is 28.0 Å². The average molecular weight is 871 g/mol. The van der Waals surface area contributed by atoms with Gasteiger partial charge in [0.1, 0.15) is 57.7 Å². The van der Waals surface area contributed by atoms with Gasteiger partial charge >= 0.3 is 0 Å². The SMILES string of the molecule is COc1cc2c(cc1OC)CN(C[C@@H](O)COc1cccc(-c3noc4c(-c5ccc6c(c5)CN(C[C@@H](O)COc5cccc(-c7noc8ccsc78)c5)CC6)csc34)c1)CC2. The Balaban J connectivity index is 0.750. The first-order valence-corrected chi connectivity index (χ1v) is 22.5. The number of benzene rings is 4. The summed E-state index contributed by atoms with van der Waals surface area (Å²) in [6.07, 6.45) is 0.449. The monoisotopic (exact) mass is 870 g/mol. The number of fused-ring (bicyclic) bond motifs is 4. The Hall–Kier alpha value is -5.74. The van der Waals surface area contributed by atoms with Crippen LogP contribution in [0.4, 0.5) is 0 Å². The Kier molecular flexibility index (Phi) is 11.4.